The van der Waals surface area contributed by atoms with E-state index in [2.05, 4.69) is 0 Å². The lowest BCUT2D eigenvalue weighted by atomic mass is 10.0. The van der Waals surface area contributed by atoms with Crippen molar-refractivity contribution >= 4 is 10.0 Å². The van der Waals surface area contributed by atoms with Crippen molar-refractivity contribution in [1.29, 1.82) is 0 Å². The number of hydrogen-bond donors (Lipinski definition) is 1. The Bertz CT molecular complexity index is 530. The van der Waals surface area contributed by atoms with Crippen LogP contribution in [0.15, 0.2) is 29.2 Å². The summed E-state index contributed by atoms with van der Waals surface area (Å²) in [4.78, 5) is -0.0164. The smallest absolute Gasteiger partial charge is 0.243 e. The number of hydrogen-bond acceptors (Lipinski definition) is 3. The molecule has 106 valence electrons. The minimum Gasteiger partial charge on any atom is -0.396 e. The van der Waals surface area contributed by atoms with E-state index in [-0.39, 0.29) is 17.5 Å². The number of piperidine rings is 1. The van der Waals surface area contributed by atoms with Gasteiger partial charge in [-0.15, -0.1) is 0 Å². The van der Waals surface area contributed by atoms with Crippen LogP contribution in [0.1, 0.15) is 25.7 Å². The normalized spacial score (nSPS) is 21.5. The van der Waals surface area contributed by atoms with Gasteiger partial charge in [-0.2, -0.15) is 4.31 Å². The van der Waals surface area contributed by atoms with Crippen LogP contribution >= 0.6 is 0 Å². The highest BCUT2D eigenvalue weighted by Gasteiger charge is 2.33. The molecule has 0 spiro atoms. The van der Waals surface area contributed by atoms with E-state index in [1.54, 1.807) is 0 Å². The van der Waals surface area contributed by atoms with Gasteiger partial charge in [-0.3, -0.25) is 0 Å². The first-order valence-electron chi connectivity index (χ1n) is 6.44. The molecule has 1 aromatic rings. The zero-order chi connectivity index (χ0) is 13.9. The van der Waals surface area contributed by atoms with Crippen molar-refractivity contribution in [1.82, 2.24) is 4.31 Å². The maximum Gasteiger partial charge on any atom is 0.243 e. The highest BCUT2D eigenvalue weighted by atomic mass is 32.2. The van der Waals surface area contributed by atoms with Crippen LogP contribution in [0.2, 0.25) is 0 Å². The fraction of sp³-hybridized carbons (Fsp3) is 0.538. The summed E-state index contributed by atoms with van der Waals surface area (Å²) in [7, 11) is -3.67. The molecule has 1 N–H and O–H groups in total. The first-order valence-corrected chi connectivity index (χ1v) is 7.88. The number of rotatable bonds is 4. The van der Waals surface area contributed by atoms with Gasteiger partial charge >= 0.3 is 0 Å². The minimum absolute atomic E-state index is 0.0164. The van der Waals surface area contributed by atoms with Gasteiger partial charge in [0, 0.05) is 19.2 Å². The molecule has 1 fully saturated rings. The van der Waals surface area contributed by atoms with Crippen LogP contribution in [-0.2, 0) is 10.0 Å². The number of halogens is 1. The molecule has 1 aromatic carbocycles. The Hall–Kier alpha value is -0.980. The van der Waals surface area contributed by atoms with Crippen LogP contribution in [0.25, 0.3) is 0 Å². The summed E-state index contributed by atoms with van der Waals surface area (Å²) < 4.78 is 39.6. The predicted octanol–water partition coefficient (Wildman–Crippen LogP) is 1.75. The summed E-state index contributed by atoms with van der Waals surface area (Å²) in [5.41, 5.74) is 0. The predicted molar refractivity (Wildman–Crippen MR) is 69.6 cm³/mol. The highest BCUT2D eigenvalue weighted by molar-refractivity contribution is 7.89. The average Bonchev–Trinajstić information content (AvgIpc) is 2.39. The first kappa shape index (κ1) is 14.4. The molecule has 1 unspecified atom stereocenters. The topological polar surface area (TPSA) is 57.6 Å². The van der Waals surface area contributed by atoms with Crippen LogP contribution in [-0.4, -0.2) is 37.0 Å². The summed E-state index contributed by atoms with van der Waals surface area (Å²) >= 11 is 0. The summed E-state index contributed by atoms with van der Waals surface area (Å²) in [6.45, 7) is 0.392. The van der Waals surface area contributed by atoms with Crippen molar-refractivity contribution in [3.8, 4) is 0 Å². The number of benzene rings is 1. The molecule has 1 heterocycles. The van der Waals surface area contributed by atoms with Crippen LogP contribution in [0, 0.1) is 5.82 Å². The second-order valence-electron chi connectivity index (χ2n) is 4.74. The summed E-state index contributed by atoms with van der Waals surface area (Å²) in [6.07, 6.45) is 2.93. The molecule has 0 amide bonds. The van der Waals surface area contributed by atoms with Gasteiger partial charge in [-0.25, -0.2) is 12.8 Å². The molecule has 1 atom stereocenters. The van der Waals surface area contributed by atoms with Crippen LogP contribution in [0.5, 0.6) is 0 Å². The molecule has 0 radical (unpaired) electrons. The molecule has 2 rings (SSSR count). The van der Waals surface area contributed by atoms with Crippen LogP contribution in [0.3, 0.4) is 0 Å². The minimum atomic E-state index is -3.67. The third kappa shape index (κ3) is 3.13. The zero-order valence-corrected chi connectivity index (χ0v) is 11.4. The van der Waals surface area contributed by atoms with Gasteiger partial charge < -0.3 is 5.11 Å². The Balaban J connectivity index is 2.31. The summed E-state index contributed by atoms with van der Waals surface area (Å²) in [6, 6.07) is 4.88. The second kappa shape index (κ2) is 5.98. The molecular weight excluding hydrogens is 269 g/mol. The summed E-state index contributed by atoms with van der Waals surface area (Å²) in [5, 5.41) is 9.04. The van der Waals surface area contributed by atoms with E-state index in [0.29, 0.717) is 13.0 Å². The monoisotopic (exact) mass is 287 g/mol. The average molecular weight is 287 g/mol. The largest absolute Gasteiger partial charge is 0.396 e. The van der Waals surface area contributed by atoms with E-state index in [4.69, 9.17) is 5.11 Å². The second-order valence-corrected chi connectivity index (χ2v) is 6.63. The van der Waals surface area contributed by atoms with E-state index >= 15 is 0 Å². The highest BCUT2D eigenvalue weighted by Crippen LogP contribution is 2.27. The molecule has 0 saturated carbocycles. The van der Waals surface area contributed by atoms with Gasteiger partial charge in [0.05, 0.1) is 4.90 Å². The fourth-order valence-corrected chi connectivity index (χ4v) is 4.25. The van der Waals surface area contributed by atoms with E-state index in [1.165, 1.54) is 22.5 Å². The quantitative estimate of drug-likeness (QED) is 0.918. The van der Waals surface area contributed by atoms with Gasteiger partial charge in [0.1, 0.15) is 5.82 Å². The van der Waals surface area contributed by atoms with Crippen molar-refractivity contribution in [2.45, 2.75) is 36.6 Å². The van der Waals surface area contributed by atoms with Gasteiger partial charge in [0.2, 0.25) is 10.0 Å². The van der Waals surface area contributed by atoms with Crippen molar-refractivity contribution in [2.75, 3.05) is 13.2 Å². The Kier molecular flexibility index (Phi) is 4.54. The number of aliphatic hydroxyl groups is 1. The molecule has 1 aliphatic heterocycles. The molecule has 0 bridgehead atoms. The van der Waals surface area contributed by atoms with Crippen molar-refractivity contribution in [2.24, 2.45) is 0 Å². The lowest BCUT2D eigenvalue weighted by Gasteiger charge is -2.34. The molecular formula is C13H18FNO3S. The first-order chi connectivity index (χ1) is 9.05. The standard InChI is InChI=1S/C13H18FNO3S/c14-11-4-3-6-13(10-11)19(17,18)15-8-2-1-5-12(15)7-9-16/h3-4,6,10,12,16H,1-2,5,7-9H2. The zero-order valence-electron chi connectivity index (χ0n) is 10.6. The van der Waals surface area contributed by atoms with Gasteiger partial charge in [-0.1, -0.05) is 12.5 Å². The fourth-order valence-electron chi connectivity index (χ4n) is 2.49. The van der Waals surface area contributed by atoms with Crippen molar-refractivity contribution in [3.63, 3.8) is 0 Å². The van der Waals surface area contributed by atoms with E-state index in [0.717, 1.165) is 25.3 Å². The third-order valence-electron chi connectivity index (χ3n) is 3.44. The molecule has 4 nitrogen and oxygen atoms in total. The maximum atomic E-state index is 13.2. The molecule has 6 heteroatoms. The Morgan fingerprint density at radius 2 is 2.16 bits per heavy atom. The van der Waals surface area contributed by atoms with E-state index in [1.807, 2.05) is 0 Å². The Labute approximate surface area is 112 Å². The van der Waals surface area contributed by atoms with Crippen molar-refractivity contribution in [3.05, 3.63) is 30.1 Å². The molecule has 0 aromatic heterocycles. The Morgan fingerprint density at radius 1 is 1.37 bits per heavy atom. The number of sulfonamides is 1. The number of nitrogens with zero attached hydrogens (tertiary/aromatic N) is 1. The van der Waals surface area contributed by atoms with E-state index in [9.17, 15) is 12.8 Å². The molecule has 19 heavy (non-hydrogen) atoms. The molecule has 1 saturated heterocycles. The van der Waals surface area contributed by atoms with Crippen LogP contribution in [0.4, 0.5) is 4.39 Å². The van der Waals surface area contributed by atoms with Gasteiger partial charge in [0.15, 0.2) is 0 Å². The van der Waals surface area contributed by atoms with Crippen molar-refractivity contribution < 1.29 is 17.9 Å². The number of aliphatic hydroxyl groups excluding tert-OH is 1. The maximum absolute atomic E-state index is 13.2. The molecule has 1 aliphatic rings. The molecule has 0 aliphatic carbocycles. The third-order valence-corrected chi connectivity index (χ3v) is 5.39. The lowest BCUT2D eigenvalue weighted by Crippen LogP contribution is -2.44. The van der Waals surface area contributed by atoms with Gasteiger partial charge in [-0.05, 0) is 37.5 Å². The Morgan fingerprint density at radius 3 is 2.84 bits per heavy atom. The van der Waals surface area contributed by atoms with E-state index < -0.39 is 15.8 Å². The summed E-state index contributed by atoms with van der Waals surface area (Å²) in [5.74, 6) is -0.559. The van der Waals surface area contributed by atoms with Gasteiger partial charge in [0.25, 0.3) is 0 Å². The van der Waals surface area contributed by atoms with Crippen LogP contribution < -0.4 is 0 Å². The lowest BCUT2D eigenvalue weighted by molar-refractivity contribution is 0.192. The SMILES string of the molecule is O=S(=O)(c1cccc(F)c1)N1CCCCC1CCO.